The molecule has 220 valence electrons. The molecule has 0 amide bonds. The lowest BCUT2D eigenvalue weighted by Crippen LogP contribution is -2.43. The molecule has 0 aliphatic carbocycles. The van der Waals surface area contributed by atoms with E-state index in [9.17, 15) is 9.59 Å². The Bertz CT molecular complexity index is 636. The largest absolute Gasteiger partial charge is 0.461 e. The van der Waals surface area contributed by atoms with Crippen molar-refractivity contribution in [1.82, 2.24) is 0 Å². The van der Waals surface area contributed by atoms with E-state index in [0.29, 0.717) is 13.2 Å². The van der Waals surface area contributed by atoms with Crippen LogP contribution in [0.4, 0.5) is 0 Å². The molecule has 2 unspecified atom stereocenters. The summed E-state index contributed by atoms with van der Waals surface area (Å²) in [6.07, 6.45) is 0.505. The first-order chi connectivity index (χ1) is 16.6. The van der Waals surface area contributed by atoms with Crippen molar-refractivity contribution >= 4 is 11.9 Å². The smallest absolute Gasteiger partial charge is 0.337 e. The van der Waals surface area contributed by atoms with Crippen LogP contribution < -0.4 is 0 Å². The second-order valence-electron chi connectivity index (χ2n) is 13.3. The summed E-state index contributed by atoms with van der Waals surface area (Å²) in [5.41, 5.74) is -2.69. The molecule has 0 aromatic carbocycles. The Kier molecular flexibility index (Phi) is 14.3. The standard InChI is InChI=1S/C29H56O8/c1-20(2)36-22(5)15-32-24(30)28(11,12)34-18-26(7,8)17-27(9,10)19-35-29(13,14)25(31)33-16-23(6)37-21(3)4/h20-23H,15-19H2,1-14H3. The van der Waals surface area contributed by atoms with Gasteiger partial charge in [0.25, 0.3) is 0 Å². The zero-order valence-corrected chi connectivity index (χ0v) is 26.1. The normalized spacial score (nSPS) is 15.1. The first-order valence-electron chi connectivity index (χ1n) is 13.5. The van der Waals surface area contributed by atoms with E-state index in [1.54, 1.807) is 27.7 Å². The monoisotopic (exact) mass is 532 g/mol. The van der Waals surface area contributed by atoms with Crippen molar-refractivity contribution in [2.75, 3.05) is 26.4 Å². The van der Waals surface area contributed by atoms with E-state index in [1.807, 2.05) is 41.5 Å². The summed E-state index contributed by atoms with van der Waals surface area (Å²) >= 11 is 0. The Morgan fingerprint density at radius 3 is 1.14 bits per heavy atom. The van der Waals surface area contributed by atoms with Crippen molar-refractivity contribution in [2.45, 2.75) is 139 Å². The van der Waals surface area contributed by atoms with Gasteiger partial charge in [-0.15, -0.1) is 0 Å². The molecule has 0 saturated carbocycles. The van der Waals surface area contributed by atoms with Gasteiger partial charge in [0.15, 0.2) is 11.2 Å². The van der Waals surface area contributed by atoms with E-state index in [1.165, 1.54) is 0 Å². The van der Waals surface area contributed by atoms with Crippen molar-refractivity contribution in [3.63, 3.8) is 0 Å². The maximum Gasteiger partial charge on any atom is 0.337 e. The molecule has 0 aromatic rings. The molecule has 0 saturated heterocycles. The molecule has 0 heterocycles. The number of hydrogen-bond donors (Lipinski definition) is 0. The van der Waals surface area contributed by atoms with E-state index in [-0.39, 0.29) is 48.5 Å². The van der Waals surface area contributed by atoms with Crippen LogP contribution in [0.1, 0.15) is 103 Å². The van der Waals surface area contributed by atoms with Gasteiger partial charge in [0.05, 0.1) is 37.6 Å². The first kappa shape index (κ1) is 35.8. The molecule has 0 aromatic heterocycles. The molecule has 2 atom stereocenters. The molecule has 0 spiro atoms. The number of hydrogen-bond acceptors (Lipinski definition) is 8. The average Bonchev–Trinajstić information content (AvgIpc) is 2.71. The Balaban J connectivity index is 4.79. The van der Waals surface area contributed by atoms with Gasteiger partial charge in [-0.05, 0) is 86.5 Å². The number of rotatable bonds is 18. The van der Waals surface area contributed by atoms with E-state index in [4.69, 9.17) is 28.4 Å². The highest BCUT2D eigenvalue weighted by atomic mass is 16.6. The molecular formula is C29H56O8. The summed E-state index contributed by atoms with van der Waals surface area (Å²) in [4.78, 5) is 25.2. The van der Waals surface area contributed by atoms with E-state index in [0.717, 1.165) is 6.42 Å². The summed E-state index contributed by atoms with van der Waals surface area (Å²) in [6, 6.07) is 0. The van der Waals surface area contributed by atoms with Crippen molar-refractivity contribution < 1.29 is 38.0 Å². The van der Waals surface area contributed by atoms with Crippen LogP contribution in [-0.4, -0.2) is 74.0 Å². The summed E-state index contributed by atoms with van der Waals surface area (Å²) < 4.78 is 34.2. The third kappa shape index (κ3) is 15.7. The fraction of sp³-hybridized carbons (Fsp3) is 0.931. The fourth-order valence-electron chi connectivity index (χ4n) is 4.01. The van der Waals surface area contributed by atoms with E-state index in [2.05, 4.69) is 27.7 Å². The summed E-state index contributed by atoms with van der Waals surface area (Å²) in [7, 11) is 0. The fourth-order valence-corrected chi connectivity index (χ4v) is 4.01. The zero-order chi connectivity index (χ0) is 29.2. The minimum absolute atomic E-state index is 0.0651. The number of carbonyl (C=O) groups is 2. The molecule has 0 aliphatic rings. The first-order valence-corrected chi connectivity index (χ1v) is 13.5. The van der Waals surface area contributed by atoms with Gasteiger partial charge < -0.3 is 28.4 Å². The van der Waals surface area contributed by atoms with Gasteiger partial charge in [-0.3, -0.25) is 0 Å². The Morgan fingerprint density at radius 1 is 0.568 bits per heavy atom. The van der Waals surface area contributed by atoms with Crippen LogP contribution in [0.5, 0.6) is 0 Å². The van der Waals surface area contributed by atoms with E-state index < -0.39 is 23.1 Å². The highest BCUT2D eigenvalue weighted by Gasteiger charge is 2.38. The van der Waals surface area contributed by atoms with Crippen LogP contribution in [0.25, 0.3) is 0 Å². The molecule has 0 radical (unpaired) electrons. The van der Waals surface area contributed by atoms with Crippen molar-refractivity contribution in [3.8, 4) is 0 Å². The zero-order valence-electron chi connectivity index (χ0n) is 26.1. The highest BCUT2D eigenvalue weighted by molar-refractivity contribution is 5.79. The summed E-state index contributed by atoms with van der Waals surface area (Å²) in [5.74, 6) is -0.836. The van der Waals surface area contributed by atoms with E-state index >= 15 is 0 Å². The second-order valence-corrected chi connectivity index (χ2v) is 13.3. The lowest BCUT2D eigenvalue weighted by Gasteiger charge is -2.38. The Hall–Kier alpha value is -1.22. The lowest BCUT2D eigenvalue weighted by atomic mass is 9.76. The maximum atomic E-state index is 12.6. The molecule has 8 nitrogen and oxygen atoms in total. The van der Waals surface area contributed by atoms with Crippen LogP contribution in [0.2, 0.25) is 0 Å². The van der Waals surface area contributed by atoms with Crippen LogP contribution in [0.3, 0.4) is 0 Å². The van der Waals surface area contributed by atoms with Crippen LogP contribution in [-0.2, 0) is 38.0 Å². The SMILES string of the molecule is CC(C)OC(C)COC(=O)C(C)(C)OCC(C)(C)CC(C)(C)COC(C)(C)C(=O)OCC(C)OC(C)C. The summed E-state index contributed by atoms with van der Waals surface area (Å²) in [5, 5.41) is 0. The number of esters is 2. The molecule has 8 heteroatoms. The van der Waals surface area contributed by atoms with Gasteiger partial charge in [-0.2, -0.15) is 0 Å². The van der Waals surface area contributed by atoms with Gasteiger partial charge in [0, 0.05) is 0 Å². The average molecular weight is 533 g/mol. The van der Waals surface area contributed by atoms with Crippen molar-refractivity contribution in [2.24, 2.45) is 10.8 Å². The lowest BCUT2D eigenvalue weighted by molar-refractivity contribution is -0.178. The summed E-state index contributed by atoms with van der Waals surface area (Å²) in [6.45, 7) is 27.8. The minimum atomic E-state index is -1.09. The molecule has 0 rings (SSSR count). The van der Waals surface area contributed by atoms with Gasteiger partial charge in [0.2, 0.25) is 0 Å². The van der Waals surface area contributed by atoms with Gasteiger partial charge >= 0.3 is 11.9 Å². The van der Waals surface area contributed by atoms with Gasteiger partial charge in [-0.25, -0.2) is 9.59 Å². The molecular weight excluding hydrogens is 476 g/mol. The predicted octanol–water partition coefficient (Wildman–Crippen LogP) is 5.73. The van der Waals surface area contributed by atoms with Crippen molar-refractivity contribution in [1.29, 1.82) is 0 Å². The molecule has 37 heavy (non-hydrogen) atoms. The van der Waals surface area contributed by atoms with Gasteiger partial charge in [0.1, 0.15) is 13.2 Å². The maximum absolute atomic E-state index is 12.6. The Morgan fingerprint density at radius 2 is 0.865 bits per heavy atom. The van der Waals surface area contributed by atoms with Gasteiger partial charge in [-0.1, -0.05) is 27.7 Å². The molecule has 0 N–H and O–H groups in total. The number of carbonyl (C=O) groups excluding carboxylic acids is 2. The predicted molar refractivity (Wildman–Crippen MR) is 146 cm³/mol. The van der Waals surface area contributed by atoms with Crippen LogP contribution in [0.15, 0.2) is 0 Å². The quantitative estimate of drug-likeness (QED) is 0.207. The third-order valence-electron chi connectivity index (χ3n) is 5.49. The molecule has 0 fully saturated rings. The molecule has 0 bridgehead atoms. The third-order valence-corrected chi connectivity index (χ3v) is 5.49. The minimum Gasteiger partial charge on any atom is -0.461 e. The second kappa shape index (κ2) is 14.8. The van der Waals surface area contributed by atoms with Crippen molar-refractivity contribution in [3.05, 3.63) is 0 Å². The highest BCUT2D eigenvalue weighted by Crippen LogP contribution is 2.36. The molecule has 0 aliphatic heterocycles. The van der Waals surface area contributed by atoms with Crippen LogP contribution >= 0.6 is 0 Å². The topological polar surface area (TPSA) is 89.5 Å². The van der Waals surface area contributed by atoms with Crippen LogP contribution in [0, 0.1) is 10.8 Å². The Labute approximate surface area is 226 Å². The number of ether oxygens (including phenoxy) is 6.